The third-order valence-electron chi connectivity index (χ3n) is 3.71. The van der Waals surface area contributed by atoms with Gasteiger partial charge in [0.2, 0.25) is 5.91 Å². The van der Waals surface area contributed by atoms with E-state index in [4.69, 9.17) is 5.11 Å². The van der Waals surface area contributed by atoms with Gasteiger partial charge in [-0.1, -0.05) is 13.8 Å². The molecule has 0 spiro atoms. The third kappa shape index (κ3) is 6.57. The standard InChI is InChI=1S/C14H25N3O4/c1-3-17-6-4-5-11(17)9-15-14(21)16-12(18)7-10(2)8-13(19)20/h10-11H,3-9H2,1-2H3,(H,19,20)(H2,15,16,18,21). The van der Waals surface area contributed by atoms with Gasteiger partial charge in [0.1, 0.15) is 0 Å². The number of imide groups is 1. The zero-order chi connectivity index (χ0) is 15.8. The van der Waals surface area contributed by atoms with Crippen molar-refractivity contribution >= 4 is 17.9 Å². The van der Waals surface area contributed by atoms with Crippen molar-refractivity contribution in [1.82, 2.24) is 15.5 Å². The molecule has 0 aromatic heterocycles. The molecule has 1 aliphatic heterocycles. The Balaban J connectivity index is 2.23. The summed E-state index contributed by atoms with van der Waals surface area (Å²) in [5, 5.41) is 13.6. The fourth-order valence-corrected chi connectivity index (χ4v) is 2.66. The maximum absolute atomic E-state index is 11.6. The van der Waals surface area contributed by atoms with E-state index in [1.165, 1.54) is 0 Å². The van der Waals surface area contributed by atoms with Gasteiger partial charge in [0, 0.05) is 25.4 Å². The number of nitrogens with one attached hydrogen (secondary N) is 2. The van der Waals surface area contributed by atoms with Crippen LogP contribution in [0.1, 0.15) is 39.5 Å². The van der Waals surface area contributed by atoms with Crippen LogP contribution in [0.3, 0.4) is 0 Å². The van der Waals surface area contributed by atoms with Crippen LogP contribution in [0.15, 0.2) is 0 Å². The lowest BCUT2D eigenvalue weighted by molar-refractivity contribution is -0.138. The first-order chi connectivity index (χ1) is 9.92. The minimum absolute atomic E-state index is 0.0320. The molecule has 3 amide bonds. The van der Waals surface area contributed by atoms with Gasteiger partial charge in [0.25, 0.3) is 0 Å². The predicted octanol–water partition coefficient (Wildman–Crippen LogP) is 0.797. The number of rotatable bonds is 7. The number of hydrogen-bond donors (Lipinski definition) is 3. The van der Waals surface area contributed by atoms with Crippen LogP contribution in [-0.2, 0) is 9.59 Å². The zero-order valence-corrected chi connectivity index (χ0v) is 12.7. The summed E-state index contributed by atoms with van der Waals surface area (Å²) in [6.07, 6.45) is 2.14. The van der Waals surface area contributed by atoms with E-state index in [1.807, 2.05) is 0 Å². The molecule has 0 bridgehead atoms. The Bertz CT molecular complexity index is 386. The van der Waals surface area contributed by atoms with Gasteiger partial charge in [-0.05, 0) is 31.8 Å². The monoisotopic (exact) mass is 299 g/mol. The van der Waals surface area contributed by atoms with E-state index in [1.54, 1.807) is 6.92 Å². The third-order valence-corrected chi connectivity index (χ3v) is 3.71. The Morgan fingerprint density at radius 1 is 1.33 bits per heavy atom. The van der Waals surface area contributed by atoms with E-state index in [0.29, 0.717) is 12.6 Å². The second kappa shape index (κ2) is 8.61. The van der Waals surface area contributed by atoms with Crippen molar-refractivity contribution in [3.8, 4) is 0 Å². The number of carboxylic acid groups (broad SMARTS) is 1. The molecule has 7 nitrogen and oxygen atoms in total. The predicted molar refractivity (Wildman–Crippen MR) is 77.8 cm³/mol. The number of nitrogens with zero attached hydrogens (tertiary/aromatic N) is 1. The molecule has 0 aromatic carbocycles. The van der Waals surface area contributed by atoms with E-state index in [9.17, 15) is 14.4 Å². The van der Waals surface area contributed by atoms with Crippen molar-refractivity contribution in [2.24, 2.45) is 5.92 Å². The summed E-state index contributed by atoms with van der Waals surface area (Å²) in [6, 6.07) is -0.174. The summed E-state index contributed by atoms with van der Waals surface area (Å²) >= 11 is 0. The summed E-state index contributed by atoms with van der Waals surface area (Å²) < 4.78 is 0. The molecule has 1 rings (SSSR count). The van der Waals surface area contributed by atoms with Crippen LogP contribution in [0.25, 0.3) is 0 Å². The van der Waals surface area contributed by atoms with Crippen molar-refractivity contribution in [3.63, 3.8) is 0 Å². The van der Waals surface area contributed by atoms with Gasteiger partial charge in [-0.2, -0.15) is 0 Å². The fourth-order valence-electron chi connectivity index (χ4n) is 2.66. The lowest BCUT2D eigenvalue weighted by atomic mass is 10.0. The highest BCUT2D eigenvalue weighted by Crippen LogP contribution is 2.15. The Morgan fingerprint density at radius 2 is 2.05 bits per heavy atom. The van der Waals surface area contributed by atoms with Crippen molar-refractivity contribution in [2.45, 2.75) is 45.6 Å². The first-order valence-electron chi connectivity index (χ1n) is 7.45. The Labute approximate surface area is 125 Å². The summed E-state index contributed by atoms with van der Waals surface area (Å²) in [6.45, 7) is 6.29. The van der Waals surface area contributed by atoms with Gasteiger partial charge in [-0.3, -0.25) is 19.8 Å². The topological polar surface area (TPSA) is 98.7 Å². The number of likely N-dealkylation sites (N-methyl/N-ethyl adjacent to an activating group) is 1. The molecule has 0 aliphatic carbocycles. The normalized spacial score (nSPS) is 20.0. The maximum atomic E-state index is 11.6. The molecule has 3 N–H and O–H groups in total. The summed E-state index contributed by atoms with van der Waals surface area (Å²) in [5.41, 5.74) is 0. The second-order valence-corrected chi connectivity index (χ2v) is 5.59. The first-order valence-corrected chi connectivity index (χ1v) is 7.45. The number of aliphatic carboxylic acids is 1. The van der Waals surface area contributed by atoms with Crippen molar-refractivity contribution in [2.75, 3.05) is 19.6 Å². The number of hydrogen-bond acceptors (Lipinski definition) is 4. The van der Waals surface area contributed by atoms with Crippen LogP contribution in [0.2, 0.25) is 0 Å². The van der Waals surface area contributed by atoms with Crippen molar-refractivity contribution in [3.05, 3.63) is 0 Å². The average molecular weight is 299 g/mol. The number of likely N-dealkylation sites (tertiary alicyclic amines) is 1. The Kier molecular flexibility index (Phi) is 7.14. The molecule has 0 saturated carbocycles. The fraction of sp³-hybridized carbons (Fsp3) is 0.786. The minimum Gasteiger partial charge on any atom is -0.481 e. The van der Waals surface area contributed by atoms with Gasteiger partial charge in [-0.15, -0.1) is 0 Å². The molecule has 2 atom stereocenters. The van der Waals surface area contributed by atoms with Crippen LogP contribution in [-0.4, -0.2) is 53.6 Å². The molecule has 0 radical (unpaired) electrons. The summed E-state index contributed by atoms with van der Waals surface area (Å²) in [4.78, 5) is 36.0. The van der Waals surface area contributed by atoms with Crippen LogP contribution < -0.4 is 10.6 Å². The molecule has 120 valence electrons. The van der Waals surface area contributed by atoms with Crippen LogP contribution in [0.4, 0.5) is 4.79 Å². The lowest BCUT2D eigenvalue weighted by Gasteiger charge is -2.22. The minimum atomic E-state index is -0.944. The molecule has 21 heavy (non-hydrogen) atoms. The smallest absolute Gasteiger partial charge is 0.321 e. The van der Waals surface area contributed by atoms with Gasteiger partial charge < -0.3 is 10.4 Å². The number of amides is 3. The highest BCUT2D eigenvalue weighted by molar-refractivity contribution is 5.94. The molecule has 0 aromatic rings. The van der Waals surface area contributed by atoms with Gasteiger partial charge in [-0.25, -0.2) is 4.79 Å². The van der Waals surface area contributed by atoms with Gasteiger partial charge >= 0.3 is 12.0 Å². The first kappa shape index (κ1) is 17.4. The van der Waals surface area contributed by atoms with Crippen molar-refractivity contribution in [1.29, 1.82) is 0 Å². The van der Waals surface area contributed by atoms with Gasteiger partial charge in [0.15, 0.2) is 0 Å². The summed E-state index contributed by atoms with van der Waals surface area (Å²) in [5.74, 6) is -1.68. The van der Waals surface area contributed by atoms with Crippen LogP contribution in [0, 0.1) is 5.92 Å². The summed E-state index contributed by atoms with van der Waals surface area (Å²) in [7, 11) is 0. The highest BCUT2D eigenvalue weighted by atomic mass is 16.4. The van der Waals surface area contributed by atoms with E-state index < -0.39 is 17.9 Å². The van der Waals surface area contributed by atoms with E-state index in [-0.39, 0.29) is 18.8 Å². The number of carboxylic acids is 1. The zero-order valence-electron chi connectivity index (χ0n) is 12.7. The molecule has 1 heterocycles. The van der Waals surface area contributed by atoms with Crippen LogP contribution >= 0.6 is 0 Å². The van der Waals surface area contributed by atoms with E-state index in [0.717, 1.165) is 25.9 Å². The number of carbonyl (C=O) groups is 3. The molecule has 2 unspecified atom stereocenters. The molecule has 1 saturated heterocycles. The maximum Gasteiger partial charge on any atom is 0.321 e. The quantitative estimate of drug-likeness (QED) is 0.646. The lowest BCUT2D eigenvalue weighted by Crippen LogP contribution is -2.45. The molecule has 1 aliphatic rings. The average Bonchev–Trinajstić information content (AvgIpc) is 2.82. The second-order valence-electron chi connectivity index (χ2n) is 5.59. The molecule has 7 heteroatoms. The van der Waals surface area contributed by atoms with E-state index >= 15 is 0 Å². The Hall–Kier alpha value is -1.63. The van der Waals surface area contributed by atoms with Crippen LogP contribution in [0.5, 0.6) is 0 Å². The largest absolute Gasteiger partial charge is 0.481 e. The SMILES string of the molecule is CCN1CCCC1CNC(=O)NC(=O)CC(C)CC(=O)O. The highest BCUT2D eigenvalue weighted by Gasteiger charge is 2.23. The number of carbonyl (C=O) groups excluding carboxylic acids is 2. The molecular weight excluding hydrogens is 274 g/mol. The van der Waals surface area contributed by atoms with E-state index in [2.05, 4.69) is 22.5 Å². The van der Waals surface area contributed by atoms with Crippen molar-refractivity contribution < 1.29 is 19.5 Å². The number of urea groups is 1. The molecule has 1 fully saturated rings. The van der Waals surface area contributed by atoms with Gasteiger partial charge in [0.05, 0.1) is 0 Å². The Morgan fingerprint density at radius 3 is 2.67 bits per heavy atom. The molecular formula is C14H25N3O4.